The van der Waals surface area contributed by atoms with E-state index in [1.54, 1.807) is 18.2 Å². The summed E-state index contributed by atoms with van der Waals surface area (Å²) in [6, 6.07) is 20.2. The number of carbonyl (C=O) groups is 2. The zero-order valence-electron chi connectivity index (χ0n) is 17.9. The van der Waals surface area contributed by atoms with Crippen LogP contribution in [0.5, 0.6) is 11.5 Å². The maximum absolute atomic E-state index is 13.4. The Kier molecular flexibility index (Phi) is 6.18. The van der Waals surface area contributed by atoms with E-state index < -0.39 is 5.25 Å². The van der Waals surface area contributed by atoms with Crippen LogP contribution in [-0.4, -0.2) is 33.9 Å². The highest BCUT2D eigenvalue weighted by Crippen LogP contribution is 2.35. The van der Waals surface area contributed by atoms with Crippen LogP contribution in [0, 0.1) is 5.82 Å². The average molecular weight is 478 g/mol. The fourth-order valence-electron chi connectivity index (χ4n) is 3.59. The van der Waals surface area contributed by atoms with Gasteiger partial charge in [-0.25, -0.2) is 9.38 Å². The van der Waals surface area contributed by atoms with Gasteiger partial charge in [-0.05, 0) is 54.1 Å². The van der Waals surface area contributed by atoms with Crippen molar-refractivity contribution >= 4 is 40.1 Å². The molecule has 9 heteroatoms. The van der Waals surface area contributed by atoms with Crippen molar-refractivity contribution in [3.8, 4) is 11.5 Å². The first-order chi connectivity index (χ1) is 16.5. The Balaban J connectivity index is 1.41. The molecule has 0 spiro atoms. The van der Waals surface area contributed by atoms with Gasteiger partial charge in [0.1, 0.15) is 11.1 Å². The van der Waals surface area contributed by atoms with Crippen molar-refractivity contribution in [3.63, 3.8) is 0 Å². The summed E-state index contributed by atoms with van der Waals surface area (Å²) in [6.07, 6.45) is 0.0241. The van der Waals surface area contributed by atoms with Crippen LogP contribution in [0.1, 0.15) is 12.0 Å². The summed E-state index contributed by atoms with van der Waals surface area (Å²) in [4.78, 5) is 32.2. The molecule has 34 heavy (non-hydrogen) atoms. The van der Waals surface area contributed by atoms with E-state index in [1.807, 2.05) is 30.3 Å². The van der Waals surface area contributed by atoms with Crippen molar-refractivity contribution in [2.45, 2.75) is 18.2 Å². The zero-order valence-corrected chi connectivity index (χ0v) is 18.8. The first kappa shape index (κ1) is 22.0. The third kappa shape index (κ3) is 4.89. The summed E-state index contributed by atoms with van der Waals surface area (Å²) in [7, 11) is 0. The normalized spacial score (nSPS) is 18.3. The van der Waals surface area contributed by atoms with Gasteiger partial charge in [0.2, 0.25) is 18.6 Å². The highest BCUT2D eigenvalue weighted by Gasteiger charge is 2.36. The monoisotopic (exact) mass is 477 g/mol. The number of rotatable bonds is 5. The Morgan fingerprint density at radius 2 is 1.82 bits per heavy atom. The molecule has 7 nitrogen and oxygen atoms in total. The molecule has 1 fully saturated rings. The Morgan fingerprint density at radius 3 is 2.62 bits per heavy atom. The summed E-state index contributed by atoms with van der Waals surface area (Å²) < 4.78 is 24.2. The number of nitrogens with one attached hydrogen (secondary N) is 1. The molecule has 0 aliphatic carbocycles. The molecule has 1 N–H and O–H groups in total. The van der Waals surface area contributed by atoms with Crippen LogP contribution in [0.2, 0.25) is 0 Å². The molecule has 0 aromatic heterocycles. The van der Waals surface area contributed by atoms with Crippen molar-refractivity contribution in [2.75, 3.05) is 12.1 Å². The molecular formula is C25H20FN3O4S. The maximum atomic E-state index is 13.4. The quantitative estimate of drug-likeness (QED) is 0.576. The number of para-hydroxylation sites is 1. The van der Waals surface area contributed by atoms with Crippen LogP contribution in [-0.2, 0) is 16.1 Å². The fourth-order valence-corrected chi connectivity index (χ4v) is 4.69. The standard InChI is InChI=1S/C25H20FN3O4S/c26-17-7-9-19(10-8-17)28-25-29(14-16-6-11-20-21(12-16)33-15-32-20)23(30)13-22(34-25)24(31)27-18-4-2-1-3-5-18/h1-12,22H,13-15H2,(H,27,31). The lowest BCUT2D eigenvalue weighted by Gasteiger charge is -2.32. The first-order valence-electron chi connectivity index (χ1n) is 10.6. The molecule has 1 saturated heterocycles. The van der Waals surface area contributed by atoms with E-state index in [1.165, 1.54) is 40.9 Å². The van der Waals surface area contributed by atoms with Crippen LogP contribution in [0.15, 0.2) is 77.8 Å². The number of aliphatic imine (C=N–C) groups is 1. The minimum Gasteiger partial charge on any atom is -0.454 e. The molecule has 5 rings (SSSR count). The van der Waals surface area contributed by atoms with Crippen LogP contribution >= 0.6 is 11.8 Å². The van der Waals surface area contributed by atoms with Gasteiger partial charge in [0.15, 0.2) is 16.7 Å². The zero-order chi connectivity index (χ0) is 23.5. The van der Waals surface area contributed by atoms with E-state index in [9.17, 15) is 14.0 Å². The van der Waals surface area contributed by atoms with E-state index >= 15 is 0 Å². The lowest BCUT2D eigenvalue weighted by Crippen LogP contribution is -2.44. The number of nitrogens with zero attached hydrogens (tertiary/aromatic N) is 2. The van der Waals surface area contributed by atoms with Gasteiger partial charge in [-0.3, -0.25) is 14.5 Å². The predicted molar refractivity (Wildman–Crippen MR) is 128 cm³/mol. The van der Waals surface area contributed by atoms with Crippen molar-refractivity contribution in [2.24, 2.45) is 4.99 Å². The molecule has 0 bridgehead atoms. The summed E-state index contributed by atoms with van der Waals surface area (Å²) >= 11 is 1.21. The van der Waals surface area contributed by atoms with Crippen molar-refractivity contribution in [1.29, 1.82) is 0 Å². The van der Waals surface area contributed by atoms with Crippen LogP contribution < -0.4 is 14.8 Å². The van der Waals surface area contributed by atoms with E-state index in [4.69, 9.17) is 9.47 Å². The number of halogens is 1. The SMILES string of the molecule is O=C(Nc1ccccc1)C1CC(=O)N(Cc2ccc3c(c2)OCO3)C(=Nc2ccc(F)cc2)S1. The summed E-state index contributed by atoms with van der Waals surface area (Å²) in [5.41, 5.74) is 1.97. The number of hydrogen-bond acceptors (Lipinski definition) is 6. The second-order valence-electron chi connectivity index (χ2n) is 7.70. The van der Waals surface area contributed by atoms with Crippen LogP contribution in [0.3, 0.4) is 0 Å². The number of carbonyl (C=O) groups excluding carboxylic acids is 2. The van der Waals surface area contributed by atoms with Crippen LogP contribution in [0.4, 0.5) is 15.8 Å². The molecule has 0 radical (unpaired) electrons. The number of anilines is 1. The van der Waals surface area contributed by atoms with Gasteiger partial charge >= 0.3 is 0 Å². The second kappa shape index (κ2) is 9.56. The summed E-state index contributed by atoms with van der Waals surface area (Å²) in [5.74, 6) is 0.380. The highest BCUT2D eigenvalue weighted by molar-refractivity contribution is 8.15. The molecule has 172 valence electrons. The third-order valence-corrected chi connectivity index (χ3v) is 6.49. The Bertz CT molecular complexity index is 1250. The number of amides is 2. The molecule has 2 amide bonds. The number of fused-ring (bicyclic) bond motifs is 1. The fraction of sp³-hybridized carbons (Fsp3) is 0.160. The first-order valence-corrected chi connectivity index (χ1v) is 11.5. The summed E-state index contributed by atoms with van der Waals surface area (Å²) in [6.45, 7) is 0.405. The molecule has 2 aliphatic rings. The topological polar surface area (TPSA) is 80.2 Å². The largest absolute Gasteiger partial charge is 0.454 e. The van der Waals surface area contributed by atoms with Crippen molar-refractivity contribution in [1.82, 2.24) is 4.90 Å². The van der Waals surface area contributed by atoms with Gasteiger partial charge in [0, 0.05) is 12.1 Å². The lowest BCUT2D eigenvalue weighted by atomic mass is 10.1. The number of hydrogen-bond donors (Lipinski definition) is 1. The lowest BCUT2D eigenvalue weighted by molar-refractivity contribution is -0.129. The number of benzene rings is 3. The van der Waals surface area contributed by atoms with Gasteiger partial charge < -0.3 is 14.8 Å². The Labute approximate surface area is 199 Å². The smallest absolute Gasteiger partial charge is 0.238 e. The summed E-state index contributed by atoms with van der Waals surface area (Å²) in [5, 5.41) is 2.57. The Morgan fingerprint density at radius 1 is 1.06 bits per heavy atom. The molecule has 1 unspecified atom stereocenters. The molecule has 3 aromatic rings. The van der Waals surface area contributed by atoms with Gasteiger partial charge in [-0.15, -0.1) is 0 Å². The van der Waals surface area contributed by atoms with Gasteiger partial charge in [-0.1, -0.05) is 36.0 Å². The predicted octanol–water partition coefficient (Wildman–Crippen LogP) is 4.71. The molecule has 2 heterocycles. The molecule has 2 aliphatic heterocycles. The van der Waals surface area contributed by atoms with Gasteiger partial charge in [0.25, 0.3) is 0 Å². The van der Waals surface area contributed by atoms with Crippen molar-refractivity contribution in [3.05, 3.63) is 84.2 Å². The average Bonchev–Trinajstić information content (AvgIpc) is 3.31. The molecular weight excluding hydrogens is 457 g/mol. The van der Waals surface area contributed by atoms with E-state index in [-0.39, 0.29) is 37.4 Å². The minimum absolute atomic E-state index is 0.0241. The molecule has 0 saturated carbocycles. The number of amidine groups is 1. The van der Waals surface area contributed by atoms with E-state index in [2.05, 4.69) is 10.3 Å². The third-order valence-electron chi connectivity index (χ3n) is 5.30. The molecule has 1 atom stereocenters. The molecule has 3 aromatic carbocycles. The Hall–Kier alpha value is -3.85. The number of thioether (sulfide) groups is 1. The van der Waals surface area contributed by atoms with Gasteiger partial charge in [-0.2, -0.15) is 0 Å². The van der Waals surface area contributed by atoms with E-state index in [0.717, 1.165) is 5.56 Å². The second-order valence-corrected chi connectivity index (χ2v) is 8.87. The van der Waals surface area contributed by atoms with E-state index in [0.29, 0.717) is 28.0 Å². The maximum Gasteiger partial charge on any atom is 0.238 e. The highest BCUT2D eigenvalue weighted by atomic mass is 32.2. The number of ether oxygens (including phenoxy) is 2. The van der Waals surface area contributed by atoms with Gasteiger partial charge in [0.05, 0.1) is 12.2 Å². The van der Waals surface area contributed by atoms with Crippen LogP contribution in [0.25, 0.3) is 0 Å². The minimum atomic E-state index is -0.653. The van der Waals surface area contributed by atoms with Crippen molar-refractivity contribution < 1.29 is 23.5 Å².